The van der Waals surface area contributed by atoms with Crippen LogP contribution >= 0.6 is 0 Å². The van der Waals surface area contributed by atoms with Crippen molar-refractivity contribution in [3.8, 4) is 0 Å². The minimum absolute atomic E-state index is 0.0239. The second kappa shape index (κ2) is 6.21. The van der Waals surface area contributed by atoms with Gasteiger partial charge in [-0.25, -0.2) is 0 Å². The summed E-state index contributed by atoms with van der Waals surface area (Å²) in [5, 5.41) is 6.78. The number of hydrogen-bond donors (Lipinski definition) is 1. The molecule has 0 aliphatic heterocycles. The van der Waals surface area contributed by atoms with Crippen LogP contribution in [0.5, 0.6) is 0 Å². The smallest absolute Gasteiger partial charge is 0.344 e. The number of aromatic nitrogens is 2. The predicted molar refractivity (Wildman–Crippen MR) is 75.2 cm³/mol. The summed E-state index contributed by atoms with van der Waals surface area (Å²) >= 11 is 0. The number of amides is 1. The molecule has 2 rings (SSSR count). The van der Waals surface area contributed by atoms with E-state index in [1.165, 1.54) is 12.1 Å². The van der Waals surface area contributed by atoms with E-state index in [0.717, 1.165) is 17.8 Å². The zero-order valence-electron chi connectivity index (χ0n) is 12.2. The second-order valence-electron chi connectivity index (χ2n) is 4.85. The first-order valence-corrected chi connectivity index (χ1v) is 6.82. The third-order valence-corrected chi connectivity index (χ3v) is 3.29. The monoisotopic (exact) mass is 311 g/mol. The molecule has 1 unspecified atom stereocenters. The van der Waals surface area contributed by atoms with Gasteiger partial charge in [0.1, 0.15) is 0 Å². The van der Waals surface area contributed by atoms with E-state index in [9.17, 15) is 18.0 Å². The minimum atomic E-state index is -4.47. The van der Waals surface area contributed by atoms with E-state index in [2.05, 4.69) is 10.4 Å². The van der Waals surface area contributed by atoms with Gasteiger partial charge in [-0.1, -0.05) is 6.07 Å². The summed E-state index contributed by atoms with van der Waals surface area (Å²) in [5.41, 5.74) is -0.0709. The summed E-state index contributed by atoms with van der Waals surface area (Å²) in [6.07, 6.45) is -2.85. The van der Waals surface area contributed by atoms with E-state index in [-0.39, 0.29) is 11.6 Å². The van der Waals surface area contributed by atoms with Crippen LogP contribution < -0.4 is 5.32 Å². The lowest BCUT2D eigenvalue weighted by Crippen LogP contribution is -2.28. The molecular formula is C15H16F3N3O. The first-order valence-electron chi connectivity index (χ1n) is 6.82. The number of aryl methyl sites for hydroxylation is 1. The molecular weight excluding hydrogens is 295 g/mol. The van der Waals surface area contributed by atoms with Crippen molar-refractivity contribution >= 4 is 5.91 Å². The van der Waals surface area contributed by atoms with Gasteiger partial charge in [-0.3, -0.25) is 9.48 Å². The normalized spacial score (nSPS) is 13.0. The molecule has 1 atom stereocenters. The Bertz CT molecular complexity index is 664. The van der Waals surface area contributed by atoms with Crippen LogP contribution in [0.4, 0.5) is 13.2 Å². The summed E-state index contributed by atoms with van der Waals surface area (Å²) in [7, 11) is 0. The number of nitrogens with one attached hydrogen (secondary N) is 1. The quantitative estimate of drug-likeness (QED) is 0.940. The van der Waals surface area contributed by atoms with Crippen molar-refractivity contribution in [2.45, 2.75) is 32.6 Å². The van der Waals surface area contributed by atoms with Gasteiger partial charge in [-0.15, -0.1) is 0 Å². The molecule has 0 saturated carbocycles. The minimum Gasteiger partial charge on any atom is -0.344 e. The number of halogens is 3. The molecule has 118 valence electrons. The molecule has 2 aromatic rings. The lowest BCUT2D eigenvalue weighted by molar-refractivity contribution is -0.137. The number of rotatable bonds is 4. The Labute approximate surface area is 125 Å². The van der Waals surface area contributed by atoms with Crippen LogP contribution in [0.1, 0.15) is 41.5 Å². The molecule has 1 amide bonds. The molecule has 22 heavy (non-hydrogen) atoms. The Morgan fingerprint density at radius 2 is 2.09 bits per heavy atom. The number of carbonyl (C=O) groups excluding carboxylic acids is 1. The first kappa shape index (κ1) is 16.1. The van der Waals surface area contributed by atoms with Crippen molar-refractivity contribution < 1.29 is 18.0 Å². The summed E-state index contributed by atoms with van der Waals surface area (Å²) in [6.45, 7) is 4.32. The second-order valence-corrected chi connectivity index (χ2v) is 4.85. The molecule has 0 aliphatic carbocycles. The van der Waals surface area contributed by atoms with Crippen LogP contribution in [-0.2, 0) is 12.7 Å². The van der Waals surface area contributed by atoms with Gasteiger partial charge >= 0.3 is 6.18 Å². The molecule has 0 radical (unpaired) electrons. The van der Waals surface area contributed by atoms with Gasteiger partial charge in [0, 0.05) is 18.3 Å². The number of carbonyl (C=O) groups is 1. The van der Waals surface area contributed by atoms with Gasteiger partial charge in [0.05, 0.1) is 17.3 Å². The number of hydrogen-bond acceptors (Lipinski definition) is 2. The third-order valence-electron chi connectivity index (χ3n) is 3.29. The number of nitrogens with zero attached hydrogens (tertiary/aromatic N) is 2. The molecule has 1 aromatic heterocycles. The van der Waals surface area contributed by atoms with Gasteiger partial charge < -0.3 is 5.32 Å². The summed E-state index contributed by atoms with van der Waals surface area (Å²) in [4.78, 5) is 12.1. The van der Waals surface area contributed by atoms with E-state index < -0.39 is 17.6 Å². The first-order chi connectivity index (χ1) is 10.3. The fraction of sp³-hybridized carbons (Fsp3) is 0.333. The van der Waals surface area contributed by atoms with Gasteiger partial charge in [0.25, 0.3) is 5.91 Å². The van der Waals surface area contributed by atoms with E-state index in [1.54, 1.807) is 23.9 Å². The molecule has 0 fully saturated rings. The van der Waals surface area contributed by atoms with Crippen LogP contribution in [0.3, 0.4) is 0 Å². The topological polar surface area (TPSA) is 46.9 Å². The maximum Gasteiger partial charge on any atom is 0.416 e. The van der Waals surface area contributed by atoms with Gasteiger partial charge in [0.2, 0.25) is 0 Å². The van der Waals surface area contributed by atoms with E-state index >= 15 is 0 Å². The SMILES string of the molecule is CCn1nccc1C(C)NC(=O)c1cccc(C(F)(F)F)c1. The van der Waals surface area contributed by atoms with Crippen molar-refractivity contribution in [3.63, 3.8) is 0 Å². The Hall–Kier alpha value is -2.31. The predicted octanol–water partition coefficient (Wildman–Crippen LogP) is 3.41. The van der Waals surface area contributed by atoms with Crippen molar-refractivity contribution in [1.82, 2.24) is 15.1 Å². The molecule has 0 aliphatic rings. The standard InChI is InChI=1S/C15H16F3N3O/c1-3-21-13(7-8-19-21)10(2)20-14(22)11-5-4-6-12(9-11)15(16,17)18/h4-10H,3H2,1-2H3,(H,20,22). The van der Waals surface area contributed by atoms with Crippen molar-refractivity contribution in [2.24, 2.45) is 0 Å². The van der Waals surface area contributed by atoms with Crippen LogP contribution in [-0.4, -0.2) is 15.7 Å². The van der Waals surface area contributed by atoms with E-state index in [4.69, 9.17) is 0 Å². The highest BCUT2D eigenvalue weighted by atomic mass is 19.4. The summed E-state index contributed by atoms with van der Waals surface area (Å²) < 4.78 is 39.7. The molecule has 1 heterocycles. The van der Waals surface area contributed by atoms with Gasteiger partial charge in [-0.05, 0) is 38.1 Å². The highest BCUT2D eigenvalue weighted by Gasteiger charge is 2.31. The summed E-state index contributed by atoms with van der Waals surface area (Å²) in [6, 6.07) is 5.77. The van der Waals surface area contributed by atoms with Gasteiger partial charge in [0.15, 0.2) is 0 Å². The van der Waals surface area contributed by atoms with Crippen molar-refractivity contribution in [2.75, 3.05) is 0 Å². The molecule has 0 spiro atoms. The molecule has 1 N–H and O–H groups in total. The van der Waals surface area contributed by atoms with Crippen molar-refractivity contribution in [1.29, 1.82) is 0 Å². The Balaban J connectivity index is 2.16. The largest absolute Gasteiger partial charge is 0.416 e. The Morgan fingerprint density at radius 3 is 2.73 bits per heavy atom. The van der Waals surface area contributed by atoms with Crippen LogP contribution in [0.2, 0.25) is 0 Å². The lowest BCUT2D eigenvalue weighted by Gasteiger charge is -2.16. The maximum absolute atomic E-state index is 12.7. The van der Waals surface area contributed by atoms with Crippen molar-refractivity contribution in [3.05, 3.63) is 53.3 Å². The molecule has 4 nitrogen and oxygen atoms in total. The maximum atomic E-state index is 12.7. The van der Waals surface area contributed by atoms with E-state index in [0.29, 0.717) is 6.54 Å². The average molecular weight is 311 g/mol. The third kappa shape index (κ3) is 3.47. The molecule has 7 heteroatoms. The van der Waals surface area contributed by atoms with E-state index in [1.807, 2.05) is 6.92 Å². The van der Waals surface area contributed by atoms with Crippen LogP contribution in [0.15, 0.2) is 36.5 Å². The Kier molecular flexibility index (Phi) is 4.54. The molecule has 0 bridgehead atoms. The highest BCUT2D eigenvalue weighted by molar-refractivity contribution is 5.94. The Morgan fingerprint density at radius 1 is 1.36 bits per heavy atom. The number of benzene rings is 1. The van der Waals surface area contributed by atoms with Gasteiger partial charge in [-0.2, -0.15) is 18.3 Å². The lowest BCUT2D eigenvalue weighted by atomic mass is 10.1. The zero-order valence-corrected chi connectivity index (χ0v) is 12.2. The number of alkyl halides is 3. The fourth-order valence-electron chi connectivity index (χ4n) is 2.17. The fourth-order valence-corrected chi connectivity index (χ4v) is 2.17. The zero-order chi connectivity index (χ0) is 16.3. The highest BCUT2D eigenvalue weighted by Crippen LogP contribution is 2.29. The molecule has 0 saturated heterocycles. The summed E-state index contributed by atoms with van der Waals surface area (Å²) in [5.74, 6) is -0.553. The van der Waals surface area contributed by atoms with Crippen LogP contribution in [0, 0.1) is 0 Å². The average Bonchev–Trinajstić information content (AvgIpc) is 2.95. The molecule has 1 aromatic carbocycles. The van der Waals surface area contributed by atoms with Crippen LogP contribution in [0.25, 0.3) is 0 Å².